The fraction of sp³-hybridized carbons (Fsp3) is 0.250. The molecule has 0 amide bonds. The minimum atomic E-state index is -0.204. The van der Waals surface area contributed by atoms with Gasteiger partial charge in [-0.3, -0.25) is 0 Å². The molecule has 0 aliphatic rings. The van der Waals surface area contributed by atoms with E-state index in [9.17, 15) is 0 Å². The van der Waals surface area contributed by atoms with Crippen molar-refractivity contribution in [1.82, 2.24) is 0 Å². The summed E-state index contributed by atoms with van der Waals surface area (Å²) < 4.78 is 11.3. The van der Waals surface area contributed by atoms with Gasteiger partial charge in [0.15, 0.2) is 0 Å². The first-order chi connectivity index (χ1) is 9.52. The van der Waals surface area contributed by atoms with Crippen molar-refractivity contribution >= 4 is 11.6 Å². The Balaban J connectivity index is 2.45. The molecule has 20 heavy (non-hydrogen) atoms. The molecule has 2 aromatic rings. The van der Waals surface area contributed by atoms with E-state index in [4.69, 9.17) is 26.8 Å². The maximum Gasteiger partial charge on any atom is 0.146 e. The summed E-state index contributed by atoms with van der Waals surface area (Å²) in [4.78, 5) is 0. The minimum absolute atomic E-state index is 0.204. The van der Waals surface area contributed by atoms with E-state index in [0.29, 0.717) is 22.3 Å². The first-order valence-electron chi connectivity index (χ1n) is 6.39. The van der Waals surface area contributed by atoms with Crippen LogP contribution in [0.1, 0.15) is 24.1 Å². The highest BCUT2D eigenvalue weighted by molar-refractivity contribution is 6.32. The summed E-state index contributed by atoms with van der Waals surface area (Å²) >= 11 is 6.16. The monoisotopic (exact) mass is 291 g/mol. The van der Waals surface area contributed by atoms with Crippen LogP contribution in [0.3, 0.4) is 0 Å². The number of nitrogens with two attached hydrogens (primary N) is 1. The van der Waals surface area contributed by atoms with Crippen LogP contribution in [0.2, 0.25) is 5.02 Å². The molecule has 0 unspecified atom stereocenters. The number of methoxy groups -OCH3 is 1. The zero-order valence-electron chi connectivity index (χ0n) is 11.8. The van der Waals surface area contributed by atoms with Gasteiger partial charge in [0, 0.05) is 6.04 Å². The fourth-order valence-electron chi connectivity index (χ4n) is 2.05. The fourth-order valence-corrected chi connectivity index (χ4v) is 2.20. The van der Waals surface area contributed by atoms with Gasteiger partial charge in [0.05, 0.1) is 17.7 Å². The standard InChI is InChI=1S/C16H18ClNO2/c1-10-7-8-12(17)15(9-10)20-14-6-4-5-13(19-3)16(14)11(2)18/h4-9,11H,18H2,1-3H3/t11-/m0/s1. The molecule has 0 saturated heterocycles. The summed E-state index contributed by atoms with van der Waals surface area (Å²) in [6.45, 7) is 3.88. The van der Waals surface area contributed by atoms with Gasteiger partial charge in [-0.05, 0) is 43.7 Å². The minimum Gasteiger partial charge on any atom is -0.496 e. The molecule has 0 heterocycles. The highest BCUT2D eigenvalue weighted by Crippen LogP contribution is 2.37. The number of benzene rings is 2. The van der Waals surface area contributed by atoms with Gasteiger partial charge in [-0.25, -0.2) is 0 Å². The average Bonchev–Trinajstić information content (AvgIpc) is 2.42. The maximum absolute atomic E-state index is 6.16. The van der Waals surface area contributed by atoms with E-state index in [-0.39, 0.29) is 6.04 Å². The maximum atomic E-state index is 6.16. The highest BCUT2D eigenvalue weighted by atomic mass is 35.5. The van der Waals surface area contributed by atoms with Crippen LogP contribution in [-0.4, -0.2) is 7.11 Å². The van der Waals surface area contributed by atoms with Crippen molar-refractivity contribution in [3.63, 3.8) is 0 Å². The summed E-state index contributed by atoms with van der Waals surface area (Å²) in [5.74, 6) is 1.98. The summed E-state index contributed by atoms with van der Waals surface area (Å²) in [5.41, 5.74) is 7.92. The van der Waals surface area contributed by atoms with E-state index in [1.165, 1.54) is 0 Å². The van der Waals surface area contributed by atoms with Crippen LogP contribution in [0, 0.1) is 6.92 Å². The van der Waals surface area contributed by atoms with Gasteiger partial charge in [0.25, 0.3) is 0 Å². The number of hydrogen-bond donors (Lipinski definition) is 1. The lowest BCUT2D eigenvalue weighted by Crippen LogP contribution is -2.08. The Morgan fingerprint density at radius 2 is 1.80 bits per heavy atom. The quantitative estimate of drug-likeness (QED) is 0.904. The van der Waals surface area contributed by atoms with Crippen molar-refractivity contribution in [3.05, 3.63) is 52.5 Å². The molecule has 1 atom stereocenters. The third-order valence-corrected chi connectivity index (χ3v) is 3.32. The van der Waals surface area contributed by atoms with Crippen molar-refractivity contribution in [2.75, 3.05) is 7.11 Å². The lowest BCUT2D eigenvalue weighted by Gasteiger charge is -2.17. The van der Waals surface area contributed by atoms with Gasteiger partial charge >= 0.3 is 0 Å². The Kier molecular flexibility index (Phi) is 4.53. The first kappa shape index (κ1) is 14.7. The van der Waals surface area contributed by atoms with Crippen LogP contribution in [0.5, 0.6) is 17.2 Å². The third kappa shape index (κ3) is 3.06. The highest BCUT2D eigenvalue weighted by Gasteiger charge is 2.15. The van der Waals surface area contributed by atoms with Gasteiger partial charge in [-0.15, -0.1) is 0 Å². The number of halogens is 1. The Morgan fingerprint density at radius 3 is 2.45 bits per heavy atom. The summed E-state index contributed by atoms with van der Waals surface area (Å²) in [5, 5.41) is 0.564. The lowest BCUT2D eigenvalue weighted by atomic mass is 10.1. The zero-order valence-corrected chi connectivity index (χ0v) is 12.6. The van der Waals surface area contributed by atoms with Crippen molar-refractivity contribution in [2.45, 2.75) is 19.9 Å². The Morgan fingerprint density at radius 1 is 1.10 bits per heavy atom. The molecular weight excluding hydrogens is 274 g/mol. The second kappa shape index (κ2) is 6.16. The predicted octanol–water partition coefficient (Wildman–Crippen LogP) is 4.47. The van der Waals surface area contributed by atoms with Crippen molar-refractivity contribution in [2.24, 2.45) is 5.73 Å². The molecule has 0 bridgehead atoms. The van der Waals surface area contributed by atoms with E-state index >= 15 is 0 Å². The van der Waals surface area contributed by atoms with Crippen LogP contribution in [-0.2, 0) is 0 Å². The molecule has 0 spiro atoms. The molecule has 0 radical (unpaired) electrons. The molecule has 0 aromatic heterocycles. The van der Waals surface area contributed by atoms with Gasteiger partial charge in [0.1, 0.15) is 17.2 Å². The van der Waals surface area contributed by atoms with Gasteiger partial charge in [-0.2, -0.15) is 0 Å². The number of ether oxygens (including phenoxy) is 2. The van der Waals surface area contributed by atoms with Crippen molar-refractivity contribution in [1.29, 1.82) is 0 Å². The number of rotatable bonds is 4. The van der Waals surface area contributed by atoms with Crippen LogP contribution >= 0.6 is 11.6 Å². The van der Waals surface area contributed by atoms with Crippen LogP contribution in [0.4, 0.5) is 0 Å². The van der Waals surface area contributed by atoms with E-state index in [1.54, 1.807) is 7.11 Å². The van der Waals surface area contributed by atoms with E-state index in [2.05, 4.69) is 0 Å². The van der Waals surface area contributed by atoms with Gasteiger partial charge in [-0.1, -0.05) is 23.7 Å². The number of hydrogen-bond acceptors (Lipinski definition) is 3. The van der Waals surface area contributed by atoms with Gasteiger partial charge in [0.2, 0.25) is 0 Å². The first-order valence-corrected chi connectivity index (χ1v) is 6.77. The van der Waals surface area contributed by atoms with Crippen LogP contribution in [0.25, 0.3) is 0 Å². The largest absolute Gasteiger partial charge is 0.496 e. The molecule has 0 saturated carbocycles. The molecule has 4 heteroatoms. The Labute approximate surface area is 124 Å². The third-order valence-electron chi connectivity index (χ3n) is 3.01. The normalized spacial score (nSPS) is 12.1. The molecule has 3 nitrogen and oxygen atoms in total. The van der Waals surface area contributed by atoms with E-state index in [0.717, 1.165) is 11.1 Å². The zero-order chi connectivity index (χ0) is 14.7. The Bertz CT molecular complexity index is 611. The predicted molar refractivity (Wildman–Crippen MR) is 81.9 cm³/mol. The smallest absolute Gasteiger partial charge is 0.146 e. The lowest BCUT2D eigenvalue weighted by molar-refractivity contribution is 0.397. The molecule has 2 rings (SSSR count). The van der Waals surface area contributed by atoms with Crippen LogP contribution < -0.4 is 15.2 Å². The van der Waals surface area contributed by atoms with Crippen LogP contribution in [0.15, 0.2) is 36.4 Å². The Hall–Kier alpha value is -1.71. The van der Waals surface area contributed by atoms with E-state index in [1.807, 2.05) is 50.2 Å². The molecule has 106 valence electrons. The molecule has 0 fully saturated rings. The van der Waals surface area contributed by atoms with E-state index < -0.39 is 0 Å². The molecule has 0 aliphatic heterocycles. The molecule has 2 aromatic carbocycles. The SMILES string of the molecule is COc1cccc(Oc2cc(C)ccc2Cl)c1[C@H](C)N. The summed E-state index contributed by atoms with van der Waals surface area (Å²) in [7, 11) is 1.62. The van der Waals surface area contributed by atoms with Gasteiger partial charge < -0.3 is 15.2 Å². The molecular formula is C16H18ClNO2. The molecule has 2 N–H and O–H groups in total. The summed E-state index contributed by atoms with van der Waals surface area (Å²) in [6.07, 6.45) is 0. The average molecular weight is 292 g/mol. The second-order valence-electron chi connectivity index (χ2n) is 4.70. The van der Waals surface area contributed by atoms with Crippen molar-refractivity contribution in [3.8, 4) is 17.2 Å². The summed E-state index contributed by atoms with van der Waals surface area (Å²) in [6, 6.07) is 11.0. The second-order valence-corrected chi connectivity index (χ2v) is 5.10. The number of aryl methyl sites for hydroxylation is 1. The van der Waals surface area contributed by atoms with Crippen molar-refractivity contribution < 1.29 is 9.47 Å². The topological polar surface area (TPSA) is 44.5 Å². The molecule has 0 aliphatic carbocycles.